The number of aryl methyl sites for hydroxylation is 2. The molecule has 5 heteroatoms. The maximum absolute atomic E-state index is 11.8. The second-order valence-corrected chi connectivity index (χ2v) is 5.02. The minimum atomic E-state index is -0.162. The van der Waals surface area contributed by atoms with Gasteiger partial charge in [-0.1, -0.05) is 15.9 Å². The van der Waals surface area contributed by atoms with E-state index >= 15 is 0 Å². The molecule has 1 aromatic heterocycles. The van der Waals surface area contributed by atoms with Crippen LogP contribution >= 0.6 is 15.9 Å². The fourth-order valence-electron chi connectivity index (χ4n) is 1.62. The average Bonchev–Trinajstić information content (AvgIpc) is 2.96. The van der Waals surface area contributed by atoms with E-state index in [0.29, 0.717) is 23.9 Å². The van der Waals surface area contributed by atoms with Crippen molar-refractivity contribution in [2.24, 2.45) is 5.41 Å². The molecule has 0 bridgehead atoms. The molecule has 16 heavy (non-hydrogen) atoms. The van der Waals surface area contributed by atoms with Gasteiger partial charge in [-0.25, -0.2) is 4.98 Å². The summed E-state index contributed by atoms with van der Waals surface area (Å²) >= 11 is 3.47. The quantitative estimate of drug-likeness (QED) is 0.864. The average molecular weight is 287 g/mol. The van der Waals surface area contributed by atoms with Crippen LogP contribution in [0.3, 0.4) is 0 Å². The first-order valence-corrected chi connectivity index (χ1v) is 6.47. The number of carbonyl (C=O) groups is 1. The number of nitrogens with one attached hydrogen (secondary N) is 1. The van der Waals surface area contributed by atoms with Gasteiger partial charge in [0.05, 0.1) is 5.69 Å². The van der Waals surface area contributed by atoms with Crippen molar-refractivity contribution in [2.75, 3.05) is 11.9 Å². The maximum atomic E-state index is 11.8. The van der Waals surface area contributed by atoms with Gasteiger partial charge in [0.1, 0.15) is 0 Å². The predicted molar refractivity (Wildman–Crippen MR) is 63.8 cm³/mol. The highest BCUT2D eigenvalue weighted by atomic mass is 79.9. The Kier molecular flexibility index (Phi) is 3.06. The van der Waals surface area contributed by atoms with Crippen LogP contribution in [0.1, 0.15) is 35.0 Å². The van der Waals surface area contributed by atoms with Gasteiger partial charge in [0, 0.05) is 18.8 Å². The van der Waals surface area contributed by atoms with Crippen LogP contribution in [0.4, 0.5) is 0 Å². The van der Waals surface area contributed by atoms with E-state index in [9.17, 15) is 4.79 Å². The summed E-state index contributed by atoms with van der Waals surface area (Å²) in [4.78, 5) is 15.9. The minimum absolute atomic E-state index is 0.162. The Morgan fingerprint density at radius 2 is 2.25 bits per heavy atom. The standard InChI is InChI=1S/C11H15BrN2O2/c1-7-9(16-8(2)14-7)10(15)13-6-11(5-12)3-4-11/h3-6H2,1-2H3,(H,13,15). The lowest BCUT2D eigenvalue weighted by molar-refractivity contribution is 0.0916. The van der Waals surface area contributed by atoms with E-state index in [1.807, 2.05) is 0 Å². The first kappa shape index (κ1) is 11.6. The van der Waals surface area contributed by atoms with E-state index in [0.717, 1.165) is 5.33 Å². The number of aromatic nitrogens is 1. The molecule has 0 spiro atoms. The first-order chi connectivity index (χ1) is 7.56. The Balaban J connectivity index is 1.96. The molecular formula is C11H15BrN2O2. The van der Waals surface area contributed by atoms with Gasteiger partial charge in [-0.2, -0.15) is 0 Å². The minimum Gasteiger partial charge on any atom is -0.436 e. The zero-order valence-corrected chi connectivity index (χ0v) is 11.1. The van der Waals surface area contributed by atoms with Crippen LogP contribution in [-0.2, 0) is 0 Å². The van der Waals surface area contributed by atoms with Crippen LogP contribution in [0, 0.1) is 19.3 Å². The molecule has 1 amide bonds. The van der Waals surface area contributed by atoms with Crippen molar-refractivity contribution >= 4 is 21.8 Å². The SMILES string of the molecule is Cc1nc(C)c(C(=O)NCC2(CBr)CC2)o1. The van der Waals surface area contributed by atoms with Gasteiger partial charge >= 0.3 is 0 Å². The topological polar surface area (TPSA) is 55.1 Å². The summed E-state index contributed by atoms with van der Waals surface area (Å²) in [5.41, 5.74) is 0.928. The fraction of sp³-hybridized carbons (Fsp3) is 0.636. The number of nitrogens with zero attached hydrogens (tertiary/aromatic N) is 1. The Morgan fingerprint density at radius 1 is 1.56 bits per heavy atom. The molecule has 0 aliphatic heterocycles. The molecule has 1 N–H and O–H groups in total. The van der Waals surface area contributed by atoms with E-state index in [1.54, 1.807) is 13.8 Å². The van der Waals surface area contributed by atoms with Crippen molar-refractivity contribution < 1.29 is 9.21 Å². The number of rotatable bonds is 4. The molecular weight excluding hydrogens is 272 g/mol. The zero-order valence-electron chi connectivity index (χ0n) is 9.47. The van der Waals surface area contributed by atoms with Crippen LogP contribution in [0.2, 0.25) is 0 Å². The zero-order chi connectivity index (χ0) is 11.8. The second kappa shape index (κ2) is 4.20. The summed E-state index contributed by atoms with van der Waals surface area (Å²) in [6.45, 7) is 4.23. The van der Waals surface area contributed by atoms with Gasteiger partial charge in [0.15, 0.2) is 5.89 Å². The summed E-state index contributed by atoms with van der Waals surface area (Å²) in [7, 11) is 0. The van der Waals surface area contributed by atoms with Crippen molar-refractivity contribution in [3.05, 3.63) is 17.3 Å². The lowest BCUT2D eigenvalue weighted by Gasteiger charge is -2.11. The number of amides is 1. The van der Waals surface area contributed by atoms with Crippen LogP contribution in [0.5, 0.6) is 0 Å². The molecule has 2 rings (SSSR count). The molecule has 0 saturated heterocycles. The first-order valence-electron chi connectivity index (χ1n) is 5.34. The molecule has 0 atom stereocenters. The van der Waals surface area contributed by atoms with Gasteiger partial charge in [-0.3, -0.25) is 4.79 Å². The maximum Gasteiger partial charge on any atom is 0.289 e. The van der Waals surface area contributed by atoms with Gasteiger partial charge in [-0.05, 0) is 25.2 Å². The summed E-state index contributed by atoms with van der Waals surface area (Å²) in [5.74, 6) is 0.706. The highest BCUT2D eigenvalue weighted by molar-refractivity contribution is 9.09. The second-order valence-electron chi connectivity index (χ2n) is 4.46. The van der Waals surface area contributed by atoms with Gasteiger partial charge in [0.2, 0.25) is 5.76 Å². The van der Waals surface area contributed by atoms with Crippen LogP contribution in [0.15, 0.2) is 4.42 Å². The molecule has 1 aliphatic carbocycles. The molecule has 1 heterocycles. The van der Waals surface area contributed by atoms with Crippen LogP contribution < -0.4 is 5.32 Å². The molecule has 0 radical (unpaired) electrons. The third-order valence-corrected chi connectivity index (χ3v) is 4.16. The van der Waals surface area contributed by atoms with E-state index in [1.165, 1.54) is 12.8 Å². The number of oxazole rings is 1. The molecule has 1 fully saturated rings. The van der Waals surface area contributed by atoms with E-state index < -0.39 is 0 Å². The Bertz CT molecular complexity index is 410. The summed E-state index contributed by atoms with van der Waals surface area (Å²) in [5, 5.41) is 3.84. The van der Waals surface area contributed by atoms with Gasteiger partial charge in [-0.15, -0.1) is 0 Å². The number of alkyl halides is 1. The molecule has 0 aromatic carbocycles. The van der Waals surface area contributed by atoms with Crippen LogP contribution in [-0.4, -0.2) is 22.8 Å². The Morgan fingerprint density at radius 3 is 2.69 bits per heavy atom. The molecule has 1 aromatic rings. The normalized spacial score (nSPS) is 17.2. The van der Waals surface area contributed by atoms with E-state index in [-0.39, 0.29) is 11.3 Å². The van der Waals surface area contributed by atoms with Crippen molar-refractivity contribution in [1.82, 2.24) is 10.3 Å². The number of hydrogen-bond acceptors (Lipinski definition) is 3. The van der Waals surface area contributed by atoms with Crippen molar-refractivity contribution in [1.29, 1.82) is 0 Å². The summed E-state index contributed by atoms with van der Waals surface area (Å²) in [6.07, 6.45) is 2.35. The smallest absolute Gasteiger partial charge is 0.289 e. The van der Waals surface area contributed by atoms with E-state index in [2.05, 4.69) is 26.2 Å². The summed E-state index contributed by atoms with van der Waals surface area (Å²) < 4.78 is 5.26. The van der Waals surface area contributed by atoms with Crippen molar-refractivity contribution in [2.45, 2.75) is 26.7 Å². The van der Waals surface area contributed by atoms with Crippen molar-refractivity contribution in [3.63, 3.8) is 0 Å². The van der Waals surface area contributed by atoms with Gasteiger partial charge in [0.25, 0.3) is 5.91 Å². The molecule has 0 unspecified atom stereocenters. The predicted octanol–water partition coefficient (Wildman–Crippen LogP) is 2.20. The van der Waals surface area contributed by atoms with Gasteiger partial charge < -0.3 is 9.73 Å². The molecule has 88 valence electrons. The number of hydrogen-bond donors (Lipinski definition) is 1. The lowest BCUT2D eigenvalue weighted by atomic mass is 10.1. The third-order valence-electron chi connectivity index (χ3n) is 2.97. The lowest BCUT2D eigenvalue weighted by Crippen LogP contribution is -2.31. The number of halogens is 1. The highest BCUT2D eigenvalue weighted by Crippen LogP contribution is 2.46. The third kappa shape index (κ3) is 2.29. The Labute approximate surface area is 103 Å². The molecule has 4 nitrogen and oxygen atoms in total. The van der Waals surface area contributed by atoms with Crippen molar-refractivity contribution in [3.8, 4) is 0 Å². The largest absolute Gasteiger partial charge is 0.436 e. The number of carbonyl (C=O) groups excluding carboxylic acids is 1. The molecule has 1 saturated carbocycles. The van der Waals surface area contributed by atoms with Crippen LogP contribution in [0.25, 0.3) is 0 Å². The highest BCUT2D eigenvalue weighted by Gasteiger charge is 2.41. The summed E-state index contributed by atoms with van der Waals surface area (Å²) in [6, 6.07) is 0. The Hall–Kier alpha value is -0.840. The molecule has 1 aliphatic rings. The van der Waals surface area contributed by atoms with E-state index in [4.69, 9.17) is 4.42 Å². The monoisotopic (exact) mass is 286 g/mol. The fourth-order valence-corrected chi connectivity index (χ4v) is 2.38.